The fraction of sp³-hybridized carbons (Fsp3) is 0.864. The van der Waals surface area contributed by atoms with Crippen LogP contribution in [0.15, 0.2) is 12.2 Å². The van der Waals surface area contributed by atoms with E-state index in [9.17, 15) is 15.0 Å². The number of hydrogen-bond donors (Lipinski definition) is 2. The Labute approximate surface area is 156 Å². The lowest BCUT2D eigenvalue weighted by atomic mass is 9.34. The third-order valence-electron chi connectivity index (χ3n) is 9.44. The minimum atomic E-state index is -0.635. The Kier molecular flexibility index (Phi) is 3.63. The highest BCUT2D eigenvalue weighted by Crippen LogP contribution is 2.72. The van der Waals surface area contributed by atoms with Crippen molar-refractivity contribution in [3.8, 4) is 0 Å². The Hall–Kier alpha value is -0.710. The van der Waals surface area contributed by atoms with Crippen molar-refractivity contribution >= 4 is 5.78 Å². The topological polar surface area (TPSA) is 60.8 Å². The standard InChI is InChI=1S/C22H33NO3/c1-14-15-10-17-21-6-3-5-20(2,12-23(13-21)8-9-24)16(21)4-7-22(17,19(14)26)18(25)11-15/h15-17,19,24,26H,1,3-13H2,2H3. The summed E-state index contributed by atoms with van der Waals surface area (Å²) in [6, 6.07) is 0. The highest BCUT2D eigenvalue weighted by atomic mass is 16.3. The van der Waals surface area contributed by atoms with Gasteiger partial charge in [0, 0.05) is 26.1 Å². The van der Waals surface area contributed by atoms with E-state index in [-0.39, 0.29) is 23.4 Å². The van der Waals surface area contributed by atoms with Gasteiger partial charge < -0.3 is 10.2 Å². The van der Waals surface area contributed by atoms with Crippen LogP contribution < -0.4 is 0 Å². The van der Waals surface area contributed by atoms with Crippen molar-refractivity contribution in [2.24, 2.45) is 34.0 Å². The Morgan fingerprint density at radius 1 is 1.23 bits per heavy atom. The number of Topliss-reactive ketones (excluding diaryl/α,β-unsaturated/α-hetero) is 1. The monoisotopic (exact) mass is 359 g/mol. The Morgan fingerprint density at radius 2 is 2.04 bits per heavy atom. The number of aliphatic hydroxyl groups is 2. The first-order valence-electron chi connectivity index (χ1n) is 10.6. The molecule has 0 aromatic carbocycles. The summed E-state index contributed by atoms with van der Waals surface area (Å²) in [5.41, 5.74) is 0.782. The molecule has 0 aromatic heterocycles. The van der Waals surface area contributed by atoms with E-state index in [1.54, 1.807) is 0 Å². The second-order valence-corrected chi connectivity index (χ2v) is 10.4. The van der Waals surface area contributed by atoms with Crippen molar-refractivity contribution in [3.63, 3.8) is 0 Å². The summed E-state index contributed by atoms with van der Waals surface area (Å²) in [5.74, 6) is 1.44. The van der Waals surface area contributed by atoms with Crippen molar-refractivity contribution in [2.45, 2.75) is 58.0 Å². The van der Waals surface area contributed by atoms with E-state index in [2.05, 4.69) is 18.4 Å². The number of fused-ring (bicyclic) bond motifs is 2. The molecule has 1 spiro atoms. The van der Waals surface area contributed by atoms with Crippen molar-refractivity contribution in [3.05, 3.63) is 12.2 Å². The summed E-state index contributed by atoms with van der Waals surface area (Å²) in [4.78, 5) is 15.7. The molecule has 0 radical (unpaired) electrons. The second kappa shape index (κ2) is 5.42. The number of β-amino-alcohol motifs (C(OH)–C–C–N with tert-alkyl or cyclic N) is 1. The number of nitrogens with zero attached hydrogens (tertiary/aromatic N) is 1. The molecule has 144 valence electrons. The summed E-state index contributed by atoms with van der Waals surface area (Å²) in [7, 11) is 0. The van der Waals surface area contributed by atoms with E-state index in [4.69, 9.17) is 0 Å². The number of ketones is 1. The van der Waals surface area contributed by atoms with Gasteiger partial charge >= 0.3 is 0 Å². The van der Waals surface area contributed by atoms with Gasteiger partial charge in [-0.3, -0.25) is 9.69 Å². The van der Waals surface area contributed by atoms with Crippen LogP contribution in [0.25, 0.3) is 0 Å². The second-order valence-electron chi connectivity index (χ2n) is 10.4. The Bertz CT molecular complexity index is 662. The lowest BCUT2D eigenvalue weighted by molar-refractivity contribution is -0.232. The lowest BCUT2D eigenvalue weighted by Gasteiger charge is -2.72. The molecule has 4 heteroatoms. The van der Waals surface area contributed by atoms with Crippen LogP contribution in [0.5, 0.6) is 0 Å². The minimum absolute atomic E-state index is 0.134. The quantitative estimate of drug-likeness (QED) is 0.743. The molecule has 5 aliphatic carbocycles. The van der Waals surface area contributed by atoms with Crippen LogP contribution >= 0.6 is 0 Å². The normalized spacial score (nSPS) is 53.3. The third-order valence-corrected chi connectivity index (χ3v) is 9.44. The van der Waals surface area contributed by atoms with Gasteiger partial charge in [0.25, 0.3) is 0 Å². The molecule has 7 atom stereocenters. The van der Waals surface area contributed by atoms with E-state index in [0.717, 1.165) is 44.5 Å². The smallest absolute Gasteiger partial charge is 0.142 e. The number of aliphatic hydroxyl groups excluding tert-OH is 2. The van der Waals surface area contributed by atoms with E-state index < -0.39 is 11.5 Å². The first-order chi connectivity index (χ1) is 12.4. The van der Waals surface area contributed by atoms with Gasteiger partial charge in [0.2, 0.25) is 0 Å². The molecule has 1 heterocycles. The highest BCUT2D eigenvalue weighted by Gasteiger charge is 2.72. The van der Waals surface area contributed by atoms with E-state index >= 15 is 0 Å². The van der Waals surface area contributed by atoms with Crippen molar-refractivity contribution in [2.75, 3.05) is 26.2 Å². The van der Waals surface area contributed by atoms with Gasteiger partial charge in [0.15, 0.2) is 0 Å². The fourth-order valence-corrected chi connectivity index (χ4v) is 8.64. The molecule has 4 bridgehead atoms. The molecule has 1 saturated heterocycles. The average molecular weight is 360 g/mol. The first kappa shape index (κ1) is 17.4. The first-order valence-corrected chi connectivity index (χ1v) is 10.6. The van der Waals surface area contributed by atoms with Crippen molar-refractivity contribution in [1.29, 1.82) is 0 Å². The molecule has 4 nitrogen and oxygen atoms in total. The van der Waals surface area contributed by atoms with Crippen LogP contribution in [0.1, 0.15) is 51.9 Å². The van der Waals surface area contributed by atoms with Crippen LogP contribution in [0.2, 0.25) is 0 Å². The van der Waals surface area contributed by atoms with Crippen LogP contribution in [-0.4, -0.2) is 53.2 Å². The number of hydrogen-bond acceptors (Lipinski definition) is 4. The minimum Gasteiger partial charge on any atom is -0.395 e. The van der Waals surface area contributed by atoms with Gasteiger partial charge in [-0.25, -0.2) is 0 Å². The molecular formula is C22H33NO3. The molecule has 6 rings (SSSR count). The average Bonchev–Trinajstić information content (AvgIpc) is 2.58. The fourth-order valence-electron chi connectivity index (χ4n) is 8.64. The van der Waals surface area contributed by atoms with Crippen LogP contribution in [0.4, 0.5) is 0 Å². The summed E-state index contributed by atoms with van der Waals surface area (Å²) in [6.07, 6.45) is 6.61. The molecule has 1 aliphatic heterocycles. The van der Waals surface area contributed by atoms with Gasteiger partial charge in [-0.1, -0.05) is 19.9 Å². The lowest BCUT2D eigenvalue weighted by Crippen LogP contribution is -2.73. The molecule has 7 unspecified atom stereocenters. The number of rotatable bonds is 2. The van der Waals surface area contributed by atoms with Gasteiger partial charge in [-0.2, -0.15) is 0 Å². The zero-order valence-corrected chi connectivity index (χ0v) is 16.0. The molecule has 5 saturated carbocycles. The van der Waals surface area contributed by atoms with Crippen molar-refractivity contribution in [1.82, 2.24) is 4.90 Å². The summed E-state index contributed by atoms with van der Waals surface area (Å²) >= 11 is 0. The molecule has 0 amide bonds. The molecule has 6 fully saturated rings. The van der Waals surface area contributed by atoms with Crippen LogP contribution in [0, 0.1) is 34.0 Å². The summed E-state index contributed by atoms with van der Waals surface area (Å²) in [5, 5.41) is 20.7. The number of likely N-dealkylation sites (tertiary alicyclic amines) is 1. The predicted molar refractivity (Wildman–Crippen MR) is 99.4 cm³/mol. The third kappa shape index (κ3) is 1.89. The predicted octanol–water partition coefficient (Wildman–Crippen LogP) is 2.39. The van der Waals surface area contributed by atoms with E-state index in [1.165, 1.54) is 19.3 Å². The summed E-state index contributed by atoms with van der Waals surface area (Å²) < 4.78 is 0. The molecule has 0 aromatic rings. The van der Waals surface area contributed by atoms with Gasteiger partial charge in [-0.15, -0.1) is 0 Å². The maximum absolute atomic E-state index is 13.2. The van der Waals surface area contributed by atoms with Crippen LogP contribution in [0.3, 0.4) is 0 Å². The van der Waals surface area contributed by atoms with Crippen molar-refractivity contribution < 1.29 is 15.0 Å². The maximum Gasteiger partial charge on any atom is 0.142 e. The van der Waals surface area contributed by atoms with E-state index in [0.29, 0.717) is 24.0 Å². The maximum atomic E-state index is 13.2. The molecule has 26 heavy (non-hydrogen) atoms. The van der Waals surface area contributed by atoms with Gasteiger partial charge in [0.1, 0.15) is 5.78 Å². The zero-order valence-electron chi connectivity index (χ0n) is 16.0. The largest absolute Gasteiger partial charge is 0.395 e. The number of carbonyl (C=O) groups excluding carboxylic acids is 1. The highest BCUT2D eigenvalue weighted by molar-refractivity contribution is 5.89. The molecule has 2 N–H and O–H groups in total. The number of piperidine rings is 1. The van der Waals surface area contributed by atoms with Gasteiger partial charge in [-0.05, 0) is 66.3 Å². The van der Waals surface area contributed by atoms with Crippen LogP contribution in [-0.2, 0) is 4.79 Å². The SMILES string of the molecule is C=C1C2CC(=O)C3(CCC4C5(C)CCCC4(CN(CCO)C5)C3C2)C1O. The summed E-state index contributed by atoms with van der Waals surface area (Å²) in [6.45, 7) is 9.65. The van der Waals surface area contributed by atoms with E-state index in [1.807, 2.05) is 0 Å². The number of carbonyl (C=O) groups is 1. The molecular weight excluding hydrogens is 326 g/mol. The Morgan fingerprint density at radius 3 is 2.81 bits per heavy atom. The molecule has 6 aliphatic rings. The van der Waals surface area contributed by atoms with Gasteiger partial charge in [0.05, 0.1) is 18.1 Å². The zero-order chi connectivity index (χ0) is 18.3. The Balaban J connectivity index is 1.63.